The number of aromatic nitrogens is 1. The summed E-state index contributed by atoms with van der Waals surface area (Å²) in [5.74, 6) is 1.45. The van der Waals surface area contributed by atoms with Crippen LogP contribution in [0.2, 0.25) is 0 Å². The normalized spacial score (nSPS) is 9.82. The molecule has 0 saturated carbocycles. The Balaban J connectivity index is 2.57. The highest BCUT2D eigenvalue weighted by atomic mass is 32.2. The van der Waals surface area contributed by atoms with Gasteiger partial charge in [-0.15, -0.1) is 11.8 Å². The Morgan fingerprint density at radius 2 is 2.12 bits per heavy atom. The molecule has 0 N–H and O–H groups in total. The van der Waals surface area contributed by atoms with E-state index in [4.69, 9.17) is 9.47 Å². The van der Waals surface area contributed by atoms with E-state index in [-0.39, 0.29) is 5.97 Å². The lowest BCUT2D eigenvalue weighted by atomic mass is 10.4. The lowest BCUT2D eigenvalue weighted by Crippen LogP contribution is -2.01. The zero-order chi connectivity index (χ0) is 12.7. The summed E-state index contributed by atoms with van der Waals surface area (Å²) >= 11 is 1.51. The summed E-state index contributed by atoms with van der Waals surface area (Å²) in [5, 5.41) is 0. The third-order valence-electron chi connectivity index (χ3n) is 2.01. The van der Waals surface area contributed by atoms with Crippen molar-refractivity contribution in [3.05, 3.63) is 12.3 Å². The van der Waals surface area contributed by atoms with Gasteiger partial charge in [-0.1, -0.05) is 0 Å². The second-order valence-corrected chi connectivity index (χ2v) is 4.23. The van der Waals surface area contributed by atoms with Gasteiger partial charge < -0.3 is 14.2 Å². The first-order chi connectivity index (χ1) is 8.21. The van der Waals surface area contributed by atoms with Crippen molar-refractivity contribution in [2.75, 3.05) is 27.1 Å². The molecule has 0 saturated heterocycles. The maximum atomic E-state index is 10.9. The summed E-state index contributed by atoms with van der Waals surface area (Å²) in [5.41, 5.74) is 0. The zero-order valence-corrected chi connectivity index (χ0v) is 10.9. The summed E-state index contributed by atoms with van der Waals surface area (Å²) in [6, 6.07) is 1.83. The van der Waals surface area contributed by atoms with Crippen molar-refractivity contribution in [2.24, 2.45) is 0 Å². The molecule has 0 unspecified atom stereocenters. The van der Waals surface area contributed by atoms with E-state index in [1.807, 2.05) is 6.07 Å². The third-order valence-corrected chi connectivity index (χ3v) is 2.97. The number of thioether (sulfide) groups is 1. The van der Waals surface area contributed by atoms with Gasteiger partial charge in [-0.05, 0) is 0 Å². The number of carbonyl (C=O) groups is 1. The molecule has 17 heavy (non-hydrogen) atoms. The van der Waals surface area contributed by atoms with Crippen LogP contribution in [0.4, 0.5) is 0 Å². The van der Waals surface area contributed by atoms with E-state index in [0.717, 1.165) is 4.90 Å². The number of rotatable bonds is 6. The fourth-order valence-corrected chi connectivity index (χ4v) is 1.97. The molecule has 6 heteroatoms. The van der Waals surface area contributed by atoms with E-state index in [1.54, 1.807) is 13.3 Å². The predicted molar refractivity (Wildman–Crippen MR) is 64.7 cm³/mol. The van der Waals surface area contributed by atoms with E-state index in [0.29, 0.717) is 23.8 Å². The smallest absolute Gasteiger partial charge is 0.306 e. The first-order valence-electron chi connectivity index (χ1n) is 4.99. The molecule has 0 bridgehead atoms. The maximum absolute atomic E-state index is 10.9. The van der Waals surface area contributed by atoms with E-state index < -0.39 is 0 Å². The van der Waals surface area contributed by atoms with Crippen LogP contribution in [-0.2, 0) is 9.53 Å². The van der Waals surface area contributed by atoms with Gasteiger partial charge in [-0.3, -0.25) is 4.79 Å². The second kappa shape index (κ2) is 7.01. The van der Waals surface area contributed by atoms with Crippen LogP contribution in [0.15, 0.2) is 17.2 Å². The van der Waals surface area contributed by atoms with Gasteiger partial charge in [0.2, 0.25) is 0 Å². The van der Waals surface area contributed by atoms with E-state index in [1.165, 1.54) is 26.0 Å². The SMILES string of the molecule is COC(=O)CCSc1cnc(OC)c(OC)c1. The Morgan fingerprint density at radius 3 is 2.71 bits per heavy atom. The number of hydrogen-bond acceptors (Lipinski definition) is 6. The van der Waals surface area contributed by atoms with Gasteiger partial charge in [0.1, 0.15) is 0 Å². The summed E-state index contributed by atoms with van der Waals surface area (Å²) in [6.45, 7) is 0. The molecule has 1 aromatic rings. The summed E-state index contributed by atoms with van der Waals surface area (Å²) in [6.07, 6.45) is 2.05. The Hall–Kier alpha value is -1.43. The van der Waals surface area contributed by atoms with Crippen molar-refractivity contribution in [3.8, 4) is 11.6 Å². The average Bonchev–Trinajstić information content (AvgIpc) is 2.38. The number of carbonyl (C=O) groups excluding carboxylic acids is 1. The molecular weight excluding hydrogens is 242 g/mol. The highest BCUT2D eigenvalue weighted by Gasteiger charge is 2.07. The number of nitrogens with zero attached hydrogens (tertiary/aromatic N) is 1. The van der Waals surface area contributed by atoms with Crippen LogP contribution in [0.5, 0.6) is 11.6 Å². The van der Waals surface area contributed by atoms with E-state index in [2.05, 4.69) is 9.72 Å². The lowest BCUT2D eigenvalue weighted by Gasteiger charge is -2.07. The predicted octanol–water partition coefficient (Wildman–Crippen LogP) is 1.75. The number of ether oxygens (including phenoxy) is 3. The molecule has 0 radical (unpaired) electrons. The lowest BCUT2D eigenvalue weighted by molar-refractivity contribution is -0.140. The molecular formula is C11H15NO4S. The molecule has 1 aromatic heterocycles. The van der Waals surface area contributed by atoms with Gasteiger partial charge in [-0.25, -0.2) is 4.98 Å². The summed E-state index contributed by atoms with van der Waals surface area (Å²) in [7, 11) is 4.47. The van der Waals surface area contributed by atoms with Crippen LogP contribution in [0.25, 0.3) is 0 Å². The van der Waals surface area contributed by atoms with E-state index in [9.17, 15) is 4.79 Å². The molecule has 0 atom stereocenters. The van der Waals surface area contributed by atoms with Gasteiger partial charge in [0.05, 0.1) is 27.8 Å². The van der Waals surface area contributed by atoms with Gasteiger partial charge in [0.25, 0.3) is 5.88 Å². The van der Waals surface area contributed by atoms with Gasteiger partial charge in [0.15, 0.2) is 5.75 Å². The molecule has 0 amide bonds. The zero-order valence-electron chi connectivity index (χ0n) is 10.1. The Labute approximate surface area is 104 Å². The molecule has 0 aliphatic carbocycles. The largest absolute Gasteiger partial charge is 0.491 e. The van der Waals surface area contributed by atoms with Crippen molar-refractivity contribution in [1.29, 1.82) is 0 Å². The number of pyridine rings is 1. The molecule has 0 aliphatic rings. The highest BCUT2D eigenvalue weighted by molar-refractivity contribution is 7.99. The topological polar surface area (TPSA) is 57.7 Å². The first kappa shape index (κ1) is 13.6. The van der Waals surface area contributed by atoms with Crippen LogP contribution >= 0.6 is 11.8 Å². The molecule has 5 nitrogen and oxygen atoms in total. The van der Waals surface area contributed by atoms with Crippen LogP contribution in [-0.4, -0.2) is 38.0 Å². The minimum atomic E-state index is -0.217. The monoisotopic (exact) mass is 257 g/mol. The van der Waals surface area contributed by atoms with Crippen molar-refractivity contribution in [2.45, 2.75) is 11.3 Å². The fourth-order valence-electron chi connectivity index (χ4n) is 1.15. The Morgan fingerprint density at radius 1 is 1.35 bits per heavy atom. The van der Waals surface area contributed by atoms with Crippen molar-refractivity contribution in [3.63, 3.8) is 0 Å². The van der Waals surface area contributed by atoms with Gasteiger partial charge in [0, 0.05) is 22.9 Å². The van der Waals surface area contributed by atoms with Gasteiger partial charge in [-0.2, -0.15) is 0 Å². The van der Waals surface area contributed by atoms with Crippen LogP contribution < -0.4 is 9.47 Å². The molecule has 1 rings (SSSR count). The van der Waals surface area contributed by atoms with Crippen molar-refractivity contribution >= 4 is 17.7 Å². The minimum absolute atomic E-state index is 0.217. The van der Waals surface area contributed by atoms with Crippen LogP contribution in [0.3, 0.4) is 0 Å². The first-order valence-corrected chi connectivity index (χ1v) is 5.97. The molecule has 94 valence electrons. The fraction of sp³-hybridized carbons (Fsp3) is 0.455. The number of hydrogen-bond donors (Lipinski definition) is 0. The van der Waals surface area contributed by atoms with Crippen molar-refractivity contribution in [1.82, 2.24) is 4.98 Å². The Kier molecular flexibility index (Phi) is 5.62. The Bertz CT molecular complexity index is 384. The summed E-state index contributed by atoms with van der Waals surface area (Å²) < 4.78 is 14.7. The highest BCUT2D eigenvalue weighted by Crippen LogP contribution is 2.29. The molecule has 0 spiro atoms. The van der Waals surface area contributed by atoms with Crippen molar-refractivity contribution < 1.29 is 19.0 Å². The molecule has 1 heterocycles. The standard InChI is InChI=1S/C11H15NO4S/c1-14-9-6-8(7-12-11(9)16-3)17-5-4-10(13)15-2/h6-7H,4-5H2,1-3H3. The minimum Gasteiger partial charge on any atom is -0.491 e. The van der Waals surface area contributed by atoms with E-state index >= 15 is 0 Å². The van der Waals surface area contributed by atoms with Gasteiger partial charge >= 0.3 is 5.97 Å². The third kappa shape index (κ3) is 4.14. The molecule has 0 aromatic carbocycles. The summed E-state index contributed by atoms with van der Waals surface area (Å²) in [4.78, 5) is 16.0. The molecule has 0 aliphatic heterocycles. The second-order valence-electron chi connectivity index (χ2n) is 3.06. The number of esters is 1. The van der Waals surface area contributed by atoms with Crippen LogP contribution in [0.1, 0.15) is 6.42 Å². The maximum Gasteiger partial charge on any atom is 0.306 e. The quantitative estimate of drug-likeness (QED) is 0.571. The number of methoxy groups -OCH3 is 3. The van der Waals surface area contributed by atoms with Crippen LogP contribution in [0, 0.1) is 0 Å². The average molecular weight is 257 g/mol. The molecule has 0 fully saturated rings.